The van der Waals surface area contributed by atoms with Crippen molar-refractivity contribution in [1.29, 1.82) is 0 Å². The first-order chi connectivity index (χ1) is 12.2. The van der Waals surface area contributed by atoms with E-state index in [2.05, 4.69) is 15.0 Å². The van der Waals surface area contributed by atoms with Crippen LogP contribution >= 0.6 is 11.6 Å². The van der Waals surface area contributed by atoms with Gasteiger partial charge in [0.15, 0.2) is 6.61 Å². The van der Waals surface area contributed by atoms with Crippen LogP contribution in [0, 0.1) is 10.1 Å². The van der Waals surface area contributed by atoms with E-state index in [1.165, 1.54) is 24.4 Å². The summed E-state index contributed by atoms with van der Waals surface area (Å²) in [6.07, 6.45) is -3.27. The van der Waals surface area contributed by atoms with Gasteiger partial charge in [0.1, 0.15) is 0 Å². The molecule has 2 aromatic rings. The van der Waals surface area contributed by atoms with Crippen molar-refractivity contribution in [3.05, 3.63) is 62.8 Å². The molecule has 0 radical (unpaired) electrons. The lowest BCUT2D eigenvalue weighted by Crippen LogP contribution is -2.24. The van der Waals surface area contributed by atoms with E-state index in [1.807, 2.05) is 0 Å². The van der Waals surface area contributed by atoms with Gasteiger partial charge in [-0.1, -0.05) is 17.7 Å². The van der Waals surface area contributed by atoms with Crippen LogP contribution in [0.2, 0.25) is 5.02 Å². The number of pyridine rings is 1. The van der Waals surface area contributed by atoms with Crippen LogP contribution in [0.25, 0.3) is 0 Å². The number of amides is 1. The third-order valence-electron chi connectivity index (χ3n) is 3.07. The number of nitro benzene ring substituents is 1. The van der Waals surface area contributed by atoms with Gasteiger partial charge in [0.2, 0.25) is 5.88 Å². The van der Waals surface area contributed by atoms with Crippen molar-refractivity contribution in [2.24, 2.45) is 0 Å². The standard InChI is InChI=1S/C15H11ClF3N3O4/c16-12-6-10(22(24)25)3-4-11(12)13(23)21-7-9-2-1-5-20-14(9)26-8-15(17,18)19/h1-6H,7-8H2,(H,21,23). The van der Waals surface area contributed by atoms with Crippen molar-refractivity contribution in [2.75, 3.05) is 6.61 Å². The number of benzene rings is 1. The van der Waals surface area contributed by atoms with Gasteiger partial charge in [0, 0.05) is 30.4 Å². The van der Waals surface area contributed by atoms with E-state index in [4.69, 9.17) is 11.6 Å². The zero-order valence-electron chi connectivity index (χ0n) is 12.9. The number of hydrogen-bond acceptors (Lipinski definition) is 5. The van der Waals surface area contributed by atoms with Gasteiger partial charge in [-0.3, -0.25) is 14.9 Å². The molecular formula is C15H11ClF3N3O4. The molecule has 0 saturated heterocycles. The summed E-state index contributed by atoms with van der Waals surface area (Å²) in [6, 6.07) is 6.23. The molecule has 7 nitrogen and oxygen atoms in total. The highest BCUT2D eigenvalue weighted by atomic mass is 35.5. The first-order valence-electron chi connectivity index (χ1n) is 7.03. The zero-order chi connectivity index (χ0) is 19.3. The second kappa shape index (κ2) is 8.00. The predicted octanol–water partition coefficient (Wildman–Crippen LogP) is 3.51. The van der Waals surface area contributed by atoms with Gasteiger partial charge in [-0.25, -0.2) is 4.98 Å². The molecule has 138 valence electrons. The number of carbonyl (C=O) groups is 1. The Hall–Kier alpha value is -2.88. The van der Waals surface area contributed by atoms with Crippen LogP contribution in [0.1, 0.15) is 15.9 Å². The number of nitro groups is 1. The Kier molecular flexibility index (Phi) is 5.98. The average Bonchev–Trinajstić information content (AvgIpc) is 2.57. The predicted molar refractivity (Wildman–Crippen MR) is 85.1 cm³/mol. The minimum absolute atomic E-state index is 0.0149. The van der Waals surface area contributed by atoms with Crippen molar-refractivity contribution < 1.29 is 27.6 Å². The molecule has 0 unspecified atom stereocenters. The minimum Gasteiger partial charge on any atom is -0.468 e. The summed E-state index contributed by atoms with van der Waals surface area (Å²) in [7, 11) is 0. The van der Waals surface area contributed by atoms with Crippen LogP contribution in [-0.2, 0) is 6.54 Å². The molecule has 1 heterocycles. The van der Waals surface area contributed by atoms with Crippen molar-refractivity contribution in [3.8, 4) is 5.88 Å². The lowest BCUT2D eigenvalue weighted by molar-refractivity contribution is -0.384. The number of alkyl halides is 3. The highest BCUT2D eigenvalue weighted by Crippen LogP contribution is 2.23. The van der Waals surface area contributed by atoms with Gasteiger partial charge < -0.3 is 10.1 Å². The summed E-state index contributed by atoms with van der Waals surface area (Å²) in [4.78, 5) is 25.8. The van der Waals surface area contributed by atoms with Gasteiger partial charge in [0.25, 0.3) is 11.6 Å². The Balaban J connectivity index is 2.07. The lowest BCUT2D eigenvalue weighted by Gasteiger charge is -2.12. The maximum atomic E-state index is 12.3. The SMILES string of the molecule is O=C(NCc1cccnc1OCC(F)(F)F)c1ccc([N+](=O)[O-])cc1Cl. The van der Waals surface area contributed by atoms with Gasteiger partial charge in [-0.15, -0.1) is 0 Å². The largest absolute Gasteiger partial charge is 0.468 e. The summed E-state index contributed by atoms with van der Waals surface area (Å²) < 4.78 is 41.4. The lowest BCUT2D eigenvalue weighted by atomic mass is 10.2. The molecule has 2 rings (SSSR count). The van der Waals surface area contributed by atoms with Crippen LogP contribution in [-0.4, -0.2) is 28.6 Å². The van der Waals surface area contributed by atoms with E-state index in [1.54, 1.807) is 0 Å². The number of aromatic nitrogens is 1. The number of nitrogens with zero attached hydrogens (tertiary/aromatic N) is 2. The van der Waals surface area contributed by atoms with Crippen LogP contribution in [0.4, 0.5) is 18.9 Å². The van der Waals surface area contributed by atoms with E-state index in [0.717, 1.165) is 12.1 Å². The molecule has 0 aliphatic rings. The number of halogens is 4. The number of rotatable bonds is 6. The van der Waals surface area contributed by atoms with Crippen molar-refractivity contribution >= 4 is 23.2 Å². The molecule has 0 spiro atoms. The Morgan fingerprint density at radius 3 is 2.69 bits per heavy atom. The fourth-order valence-corrected chi connectivity index (χ4v) is 2.17. The molecule has 0 saturated carbocycles. The summed E-state index contributed by atoms with van der Waals surface area (Å²) in [5.41, 5.74) is -0.0660. The van der Waals surface area contributed by atoms with Crippen molar-refractivity contribution in [2.45, 2.75) is 12.7 Å². The number of hydrogen-bond donors (Lipinski definition) is 1. The fraction of sp³-hybridized carbons (Fsp3) is 0.200. The Labute approximate surface area is 149 Å². The number of carbonyl (C=O) groups excluding carboxylic acids is 1. The molecule has 1 amide bonds. The molecule has 1 aromatic carbocycles. The molecule has 0 atom stereocenters. The molecule has 0 fully saturated rings. The smallest absolute Gasteiger partial charge is 0.422 e. The van der Waals surface area contributed by atoms with E-state index in [0.29, 0.717) is 0 Å². The van der Waals surface area contributed by atoms with E-state index in [9.17, 15) is 28.1 Å². The normalized spacial score (nSPS) is 11.1. The monoisotopic (exact) mass is 389 g/mol. The van der Waals surface area contributed by atoms with Crippen LogP contribution < -0.4 is 10.1 Å². The van der Waals surface area contributed by atoms with Gasteiger partial charge in [0.05, 0.1) is 15.5 Å². The van der Waals surface area contributed by atoms with E-state index in [-0.39, 0.29) is 34.3 Å². The highest BCUT2D eigenvalue weighted by molar-refractivity contribution is 6.34. The Morgan fingerprint density at radius 1 is 1.35 bits per heavy atom. The maximum absolute atomic E-state index is 12.3. The van der Waals surface area contributed by atoms with Crippen molar-refractivity contribution in [1.82, 2.24) is 10.3 Å². The molecule has 0 aliphatic heterocycles. The summed E-state index contributed by atoms with van der Waals surface area (Å²) in [5, 5.41) is 13.0. The maximum Gasteiger partial charge on any atom is 0.422 e. The first kappa shape index (κ1) is 19.4. The number of ether oxygens (including phenoxy) is 1. The second-order valence-corrected chi connectivity index (χ2v) is 5.38. The molecule has 26 heavy (non-hydrogen) atoms. The number of nitrogens with one attached hydrogen (secondary N) is 1. The van der Waals surface area contributed by atoms with E-state index >= 15 is 0 Å². The quantitative estimate of drug-likeness (QED) is 0.602. The average molecular weight is 390 g/mol. The van der Waals surface area contributed by atoms with Gasteiger partial charge >= 0.3 is 6.18 Å². The number of non-ortho nitro benzene ring substituents is 1. The second-order valence-electron chi connectivity index (χ2n) is 4.98. The van der Waals surface area contributed by atoms with Crippen LogP contribution in [0.15, 0.2) is 36.5 Å². The van der Waals surface area contributed by atoms with E-state index < -0.39 is 23.6 Å². The Bertz CT molecular complexity index is 830. The van der Waals surface area contributed by atoms with Crippen LogP contribution in [0.3, 0.4) is 0 Å². The zero-order valence-corrected chi connectivity index (χ0v) is 13.7. The third-order valence-corrected chi connectivity index (χ3v) is 3.38. The van der Waals surface area contributed by atoms with Crippen molar-refractivity contribution in [3.63, 3.8) is 0 Å². The minimum atomic E-state index is -4.52. The highest BCUT2D eigenvalue weighted by Gasteiger charge is 2.29. The molecule has 0 bridgehead atoms. The molecule has 0 aliphatic carbocycles. The van der Waals surface area contributed by atoms with Crippen LogP contribution in [0.5, 0.6) is 5.88 Å². The van der Waals surface area contributed by atoms with Gasteiger partial charge in [-0.2, -0.15) is 13.2 Å². The molecule has 11 heteroatoms. The molecule has 1 aromatic heterocycles. The molecular weight excluding hydrogens is 379 g/mol. The summed E-state index contributed by atoms with van der Waals surface area (Å²) >= 11 is 5.85. The first-order valence-corrected chi connectivity index (χ1v) is 7.41. The summed E-state index contributed by atoms with van der Waals surface area (Å²) in [5.74, 6) is -0.921. The fourth-order valence-electron chi connectivity index (χ4n) is 1.91. The summed E-state index contributed by atoms with van der Waals surface area (Å²) in [6.45, 7) is -1.69. The topological polar surface area (TPSA) is 94.4 Å². The Morgan fingerprint density at radius 2 is 2.08 bits per heavy atom. The molecule has 1 N–H and O–H groups in total. The third kappa shape index (κ3) is 5.31. The van der Waals surface area contributed by atoms with Gasteiger partial charge in [-0.05, 0) is 12.1 Å².